The summed E-state index contributed by atoms with van der Waals surface area (Å²) in [6.07, 6.45) is 0.505. The van der Waals surface area contributed by atoms with E-state index in [9.17, 15) is 26.7 Å². The number of likely N-dealkylation sites (N-methyl/N-ethyl adjacent to an activating group) is 1. The van der Waals surface area contributed by atoms with Crippen LogP contribution in [0.2, 0.25) is 0 Å². The van der Waals surface area contributed by atoms with Crippen molar-refractivity contribution in [1.29, 1.82) is 0 Å². The molecule has 10 nitrogen and oxygen atoms in total. The highest BCUT2D eigenvalue weighted by Crippen LogP contribution is 2.31. The minimum Gasteiger partial charge on any atom is -0.488 e. The number of amides is 1. The molecule has 0 saturated heterocycles. The zero-order chi connectivity index (χ0) is 26.8. The van der Waals surface area contributed by atoms with Crippen molar-refractivity contribution in [2.75, 3.05) is 37.7 Å². The first-order chi connectivity index (χ1) is 16.7. The number of aryl methyl sites for hydroxylation is 1. The molecule has 1 heterocycles. The first-order valence-electron chi connectivity index (χ1n) is 11.5. The van der Waals surface area contributed by atoms with Crippen LogP contribution in [0.5, 0.6) is 5.75 Å². The van der Waals surface area contributed by atoms with Gasteiger partial charge < -0.3 is 14.7 Å². The summed E-state index contributed by atoms with van der Waals surface area (Å²) in [6.45, 7) is 5.39. The Morgan fingerprint density at radius 3 is 2.39 bits per heavy atom. The zero-order valence-electron chi connectivity index (χ0n) is 21.0. The Morgan fingerprint density at radius 2 is 1.81 bits per heavy atom. The molecule has 1 aliphatic rings. The number of hydrogen-bond acceptors (Lipinski definition) is 7. The number of carbonyl (C=O) groups is 1. The van der Waals surface area contributed by atoms with Crippen LogP contribution in [-0.4, -0.2) is 82.2 Å². The fraction of sp³-hybridized carbons (Fsp3) is 0.458. The van der Waals surface area contributed by atoms with Gasteiger partial charge in [-0.25, -0.2) is 21.1 Å². The third-order valence-corrected chi connectivity index (χ3v) is 8.93. The number of aliphatic hydroxyl groups excluding tert-OH is 1. The summed E-state index contributed by atoms with van der Waals surface area (Å²) in [4.78, 5) is 15.1. The summed E-state index contributed by atoms with van der Waals surface area (Å²) in [7, 11) is -5.92. The predicted molar refractivity (Wildman–Crippen MR) is 137 cm³/mol. The van der Waals surface area contributed by atoms with E-state index < -0.39 is 38.1 Å². The molecule has 0 unspecified atom stereocenters. The van der Waals surface area contributed by atoms with Crippen molar-refractivity contribution >= 4 is 31.6 Å². The molecule has 0 bridgehead atoms. The van der Waals surface area contributed by atoms with Gasteiger partial charge in [-0.1, -0.05) is 24.6 Å². The molecule has 3 rings (SSSR count). The Kier molecular flexibility index (Phi) is 8.33. The van der Waals surface area contributed by atoms with Crippen molar-refractivity contribution in [3.63, 3.8) is 0 Å². The number of anilines is 1. The Hall–Kier alpha value is -2.67. The quantitative estimate of drug-likeness (QED) is 0.523. The number of hydrogen-bond donors (Lipinski definition) is 2. The van der Waals surface area contributed by atoms with Crippen LogP contribution in [-0.2, 0) is 20.0 Å². The average Bonchev–Trinajstić information content (AvgIpc) is 2.80. The smallest absolute Gasteiger partial charge is 0.261 e. The first kappa shape index (κ1) is 27.9. The average molecular weight is 540 g/mol. The lowest BCUT2D eigenvalue weighted by Gasteiger charge is -2.38. The van der Waals surface area contributed by atoms with Crippen molar-refractivity contribution in [3.05, 3.63) is 53.6 Å². The molecular weight excluding hydrogens is 506 g/mol. The van der Waals surface area contributed by atoms with Crippen LogP contribution >= 0.6 is 0 Å². The second-order valence-electron chi connectivity index (χ2n) is 9.30. The first-order valence-corrected chi connectivity index (χ1v) is 14.8. The second-order valence-corrected chi connectivity index (χ2v) is 13.1. The largest absolute Gasteiger partial charge is 0.488 e. The Morgan fingerprint density at radius 1 is 1.17 bits per heavy atom. The third-order valence-electron chi connectivity index (χ3n) is 6.25. The number of nitrogens with zero attached hydrogens (tertiary/aromatic N) is 2. The molecule has 1 aliphatic heterocycles. The second kappa shape index (κ2) is 10.8. The lowest BCUT2D eigenvalue weighted by atomic mass is 9.99. The molecule has 2 aromatic rings. The fourth-order valence-corrected chi connectivity index (χ4v) is 5.29. The van der Waals surface area contributed by atoms with Gasteiger partial charge in [-0.3, -0.25) is 9.52 Å². The topological polar surface area (TPSA) is 133 Å². The zero-order valence-corrected chi connectivity index (χ0v) is 22.6. The van der Waals surface area contributed by atoms with Gasteiger partial charge in [0.05, 0.1) is 35.9 Å². The van der Waals surface area contributed by atoms with Crippen LogP contribution in [0.4, 0.5) is 5.69 Å². The summed E-state index contributed by atoms with van der Waals surface area (Å²) in [5, 5.41) is 9.77. The number of nitrogens with one attached hydrogen (secondary N) is 1. The van der Waals surface area contributed by atoms with Gasteiger partial charge >= 0.3 is 0 Å². The van der Waals surface area contributed by atoms with Gasteiger partial charge in [-0.15, -0.1) is 0 Å². The molecule has 0 spiro atoms. The van der Waals surface area contributed by atoms with Crippen molar-refractivity contribution in [3.8, 4) is 5.75 Å². The van der Waals surface area contributed by atoms with Gasteiger partial charge in [0.2, 0.25) is 10.0 Å². The van der Waals surface area contributed by atoms with Crippen molar-refractivity contribution < 1.29 is 31.5 Å². The highest BCUT2D eigenvalue weighted by atomic mass is 32.2. The summed E-state index contributed by atoms with van der Waals surface area (Å²) in [5.41, 5.74) is 1.20. The predicted octanol–water partition coefficient (Wildman–Crippen LogP) is 1.91. The van der Waals surface area contributed by atoms with Crippen LogP contribution in [0.3, 0.4) is 0 Å². The van der Waals surface area contributed by atoms with E-state index in [-0.39, 0.29) is 47.5 Å². The maximum atomic E-state index is 13.5. The summed E-state index contributed by atoms with van der Waals surface area (Å²) in [5.74, 6) is -0.489. The number of benzene rings is 2. The van der Waals surface area contributed by atoms with E-state index in [1.165, 1.54) is 46.6 Å². The normalized spacial score (nSPS) is 19.8. The van der Waals surface area contributed by atoms with Crippen molar-refractivity contribution in [2.24, 2.45) is 5.92 Å². The minimum atomic E-state index is -3.91. The molecular formula is C24H33N3O7S2. The third kappa shape index (κ3) is 6.36. The Bertz CT molecular complexity index is 1310. The summed E-state index contributed by atoms with van der Waals surface area (Å²) >= 11 is 0. The number of rotatable bonds is 8. The van der Waals surface area contributed by atoms with Gasteiger partial charge in [-0.05, 0) is 44.2 Å². The molecule has 3 atom stereocenters. The number of ether oxygens (including phenoxy) is 1. The molecule has 198 valence electrons. The molecule has 0 saturated carbocycles. The van der Waals surface area contributed by atoms with Crippen LogP contribution in [0, 0.1) is 12.8 Å². The van der Waals surface area contributed by atoms with E-state index in [1.54, 1.807) is 19.1 Å². The maximum Gasteiger partial charge on any atom is 0.261 e. The van der Waals surface area contributed by atoms with Gasteiger partial charge in [-0.2, -0.15) is 0 Å². The van der Waals surface area contributed by atoms with E-state index in [2.05, 4.69) is 4.72 Å². The molecule has 12 heteroatoms. The Labute approximate surface area is 213 Å². The highest BCUT2D eigenvalue weighted by molar-refractivity contribution is 7.92. The molecule has 0 aromatic heterocycles. The van der Waals surface area contributed by atoms with Crippen LogP contribution in [0.25, 0.3) is 0 Å². The van der Waals surface area contributed by atoms with Crippen molar-refractivity contribution in [2.45, 2.75) is 37.8 Å². The van der Waals surface area contributed by atoms with E-state index in [0.29, 0.717) is 0 Å². The molecule has 0 aliphatic carbocycles. The minimum absolute atomic E-state index is 0.0524. The van der Waals surface area contributed by atoms with Crippen LogP contribution < -0.4 is 9.46 Å². The van der Waals surface area contributed by atoms with Gasteiger partial charge in [0.25, 0.3) is 15.9 Å². The van der Waals surface area contributed by atoms with E-state index >= 15 is 0 Å². The van der Waals surface area contributed by atoms with E-state index in [1.807, 2.05) is 13.8 Å². The molecule has 1 amide bonds. The van der Waals surface area contributed by atoms with Crippen LogP contribution in [0.15, 0.2) is 47.4 Å². The van der Waals surface area contributed by atoms with E-state index in [4.69, 9.17) is 4.74 Å². The Balaban J connectivity index is 2.01. The standard InChI is InChI=1S/C24H33N3O7S2/c1-16-6-9-20(10-7-16)36(32,33)25-19-8-11-22-21(12-19)24(29)27(18(3)15-28)13-17(2)23(34-22)14-26(4)35(5,30)31/h6-12,17-18,23,25,28H,13-15H2,1-5H3/t17-,18-,23+/m1/s1. The molecule has 36 heavy (non-hydrogen) atoms. The number of carbonyl (C=O) groups excluding carboxylic acids is 1. The number of aliphatic hydroxyl groups is 1. The van der Waals surface area contributed by atoms with Gasteiger partial charge in [0.1, 0.15) is 11.9 Å². The molecule has 2 N–H and O–H groups in total. The molecule has 0 fully saturated rings. The SMILES string of the molecule is Cc1ccc(S(=O)(=O)Nc2ccc3c(c2)C(=O)N([C@H](C)CO)C[C@@H](C)[C@H](CN(C)S(C)(=O)=O)O3)cc1. The lowest BCUT2D eigenvalue weighted by molar-refractivity contribution is 0.0387. The number of fused-ring (bicyclic) bond motifs is 1. The van der Waals surface area contributed by atoms with Crippen molar-refractivity contribution in [1.82, 2.24) is 9.21 Å². The monoisotopic (exact) mass is 539 g/mol. The maximum absolute atomic E-state index is 13.5. The van der Waals surface area contributed by atoms with Gasteiger partial charge in [0.15, 0.2) is 0 Å². The van der Waals surface area contributed by atoms with E-state index in [0.717, 1.165) is 11.8 Å². The van der Waals surface area contributed by atoms with Crippen LogP contribution in [0.1, 0.15) is 29.8 Å². The fourth-order valence-electron chi connectivity index (χ4n) is 3.82. The molecule has 0 radical (unpaired) electrons. The van der Waals surface area contributed by atoms with Gasteiger partial charge in [0, 0.05) is 25.2 Å². The number of sulfonamides is 2. The lowest BCUT2D eigenvalue weighted by Crippen LogP contribution is -2.50. The highest BCUT2D eigenvalue weighted by Gasteiger charge is 2.34. The molecule has 2 aromatic carbocycles. The summed E-state index contributed by atoms with van der Waals surface area (Å²) in [6, 6.07) is 10.2. The summed E-state index contributed by atoms with van der Waals surface area (Å²) < 4.78 is 59.6.